The van der Waals surface area contributed by atoms with Crippen molar-refractivity contribution < 1.29 is 19.4 Å². The van der Waals surface area contributed by atoms with E-state index in [9.17, 15) is 9.59 Å². The molecular formula is C18H26N2O4. The molecule has 0 aromatic heterocycles. The van der Waals surface area contributed by atoms with E-state index < -0.39 is 12.0 Å². The second kappa shape index (κ2) is 8.68. The fourth-order valence-corrected chi connectivity index (χ4v) is 2.74. The molecule has 0 saturated carbocycles. The number of amides is 1. The van der Waals surface area contributed by atoms with Gasteiger partial charge in [-0.3, -0.25) is 14.5 Å². The average molecular weight is 334 g/mol. The van der Waals surface area contributed by atoms with Crippen molar-refractivity contribution in [1.82, 2.24) is 9.80 Å². The number of hydrogen-bond donors (Lipinski definition) is 1. The number of nitrogens with zero attached hydrogens (tertiary/aromatic N) is 2. The second-order valence-electron chi connectivity index (χ2n) is 6.27. The van der Waals surface area contributed by atoms with Crippen molar-refractivity contribution in [3.8, 4) is 5.75 Å². The fraction of sp³-hybridized carbons (Fsp3) is 0.556. The number of rotatable bonds is 7. The summed E-state index contributed by atoms with van der Waals surface area (Å²) < 4.78 is 5.73. The molecule has 132 valence electrons. The maximum Gasteiger partial charge on any atom is 0.320 e. The van der Waals surface area contributed by atoms with Gasteiger partial charge in [-0.15, -0.1) is 0 Å². The summed E-state index contributed by atoms with van der Waals surface area (Å²) in [6, 6.07) is 6.86. The van der Waals surface area contributed by atoms with E-state index in [-0.39, 0.29) is 12.5 Å². The highest BCUT2D eigenvalue weighted by molar-refractivity contribution is 5.77. The Balaban J connectivity index is 1.95. The summed E-state index contributed by atoms with van der Waals surface area (Å²) in [6.45, 7) is 3.73. The highest BCUT2D eigenvalue weighted by Crippen LogP contribution is 2.20. The van der Waals surface area contributed by atoms with Crippen LogP contribution in [0.4, 0.5) is 0 Å². The van der Waals surface area contributed by atoms with Gasteiger partial charge in [-0.05, 0) is 39.3 Å². The molecule has 0 bridgehead atoms. The Kier molecular flexibility index (Phi) is 6.61. The molecule has 0 unspecified atom stereocenters. The molecule has 1 aromatic carbocycles. The Labute approximate surface area is 143 Å². The number of benzene rings is 1. The summed E-state index contributed by atoms with van der Waals surface area (Å²) in [5.41, 5.74) is 0.875. The van der Waals surface area contributed by atoms with Gasteiger partial charge in [0.05, 0.1) is 0 Å². The number of piperidine rings is 1. The maximum atomic E-state index is 12.2. The molecule has 1 saturated heterocycles. The van der Waals surface area contributed by atoms with E-state index in [2.05, 4.69) is 0 Å². The van der Waals surface area contributed by atoms with E-state index in [0.29, 0.717) is 12.3 Å². The zero-order valence-electron chi connectivity index (χ0n) is 14.4. The van der Waals surface area contributed by atoms with E-state index in [1.165, 1.54) is 6.42 Å². The first-order valence-electron chi connectivity index (χ1n) is 8.40. The SMILES string of the molecule is C[C@H](C(=O)O)N(C)Cc1ccccc1OCC(=O)N1CCCCC1. The molecule has 1 aliphatic rings. The largest absolute Gasteiger partial charge is 0.483 e. The lowest BCUT2D eigenvalue weighted by Gasteiger charge is -2.27. The normalized spacial score (nSPS) is 16.0. The molecule has 1 aromatic rings. The standard InChI is InChI=1S/C18H26N2O4/c1-14(18(22)23)19(2)12-15-8-4-5-9-16(15)24-13-17(21)20-10-6-3-7-11-20/h4-5,8-9,14H,3,6-7,10-13H2,1-2H3,(H,22,23)/t14-/m1/s1. The molecule has 1 heterocycles. The van der Waals surface area contributed by atoms with Gasteiger partial charge in [0.1, 0.15) is 11.8 Å². The number of aliphatic carboxylic acids is 1. The molecule has 1 aliphatic heterocycles. The van der Waals surface area contributed by atoms with Gasteiger partial charge in [0.2, 0.25) is 0 Å². The summed E-state index contributed by atoms with van der Waals surface area (Å²) in [7, 11) is 1.76. The first-order chi connectivity index (χ1) is 11.5. The third kappa shape index (κ3) is 4.96. The lowest BCUT2D eigenvalue weighted by Crippen LogP contribution is -2.38. The molecule has 1 fully saturated rings. The van der Waals surface area contributed by atoms with Crippen LogP contribution in [0.3, 0.4) is 0 Å². The minimum absolute atomic E-state index is 0.0109. The monoisotopic (exact) mass is 334 g/mol. The summed E-state index contributed by atoms with van der Waals surface area (Å²) in [5, 5.41) is 9.10. The molecule has 1 atom stereocenters. The van der Waals surface area contributed by atoms with Gasteiger partial charge in [-0.2, -0.15) is 0 Å². The van der Waals surface area contributed by atoms with E-state index in [1.54, 1.807) is 18.9 Å². The highest BCUT2D eigenvalue weighted by Gasteiger charge is 2.20. The van der Waals surface area contributed by atoms with Gasteiger partial charge in [0.15, 0.2) is 6.61 Å². The Hall–Kier alpha value is -2.08. The highest BCUT2D eigenvalue weighted by atomic mass is 16.5. The number of hydrogen-bond acceptors (Lipinski definition) is 4. The molecule has 24 heavy (non-hydrogen) atoms. The first-order valence-corrected chi connectivity index (χ1v) is 8.40. The van der Waals surface area contributed by atoms with Crippen LogP contribution in [0.15, 0.2) is 24.3 Å². The van der Waals surface area contributed by atoms with Gasteiger partial charge in [-0.25, -0.2) is 0 Å². The Morgan fingerprint density at radius 2 is 1.92 bits per heavy atom. The van der Waals surface area contributed by atoms with Crippen molar-refractivity contribution >= 4 is 11.9 Å². The first kappa shape index (κ1) is 18.3. The van der Waals surface area contributed by atoms with E-state index >= 15 is 0 Å². The maximum absolute atomic E-state index is 12.2. The van der Waals surface area contributed by atoms with Crippen LogP contribution in [0.5, 0.6) is 5.75 Å². The minimum Gasteiger partial charge on any atom is -0.483 e. The van der Waals surface area contributed by atoms with Crippen molar-refractivity contribution in [2.24, 2.45) is 0 Å². The topological polar surface area (TPSA) is 70.1 Å². The van der Waals surface area contributed by atoms with Crippen LogP contribution in [0.25, 0.3) is 0 Å². The molecule has 6 nitrogen and oxygen atoms in total. The molecular weight excluding hydrogens is 308 g/mol. The van der Waals surface area contributed by atoms with Crippen LogP contribution in [0.2, 0.25) is 0 Å². The van der Waals surface area contributed by atoms with Crippen molar-refractivity contribution in [1.29, 1.82) is 0 Å². The lowest BCUT2D eigenvalue weighted by molar-refractivity contribution is -0.142. The predicted octanol–water partition coefficient (Wildman–Crippen LogP) is 1.98. The third-order valence-corrected chi connectivity index (χ3v) is 4.47. The Morgan fingerprint density at radius 1 is 1.25 bits per heavy atom. The van der Waals surface area contributed by atoms with Crippen molar-refractivity contribution in [3.63, 3.8) is 0 Å². The molecule has 6 heteroatoms. The van der Waals surface area contributed by atoms with E-state index in [0.717, 1.165) is 31.5 Å². The summed E-state index contributed by atoms with van der Waals surface area (Å²) in [6.07, 6.45) is 3.29. The zero-order chi connectivity index (χ0) is 17.5. The van der Waals surface area contributed by atoms with Crippen LogP contribution in [0.1, 0.15) is 31.7 Å². The Morgan fingerprint density at radius 3 is 2.58 bits per heavy atom. The fourth-order valence-electron chi connectivity index (χ4n) is 2.74. The van der Waals surface area contributed by atoms with Gasteiger partial charge < -0.3 is 14.7 Å². The predicted molar refractivity (Wildman–Crippen MR) is 90.9 cm³/mol. The second-order valence-corrected chi connectivity index (χ2v) is 6.27. The molecule has 0 aliphatic carbocycles. The van der Waals surface area contributed by atoms with Gasteiger partial charge >= 0.3 is 5.97 Å². The smallest absolute Gasteiger partial charge is 0.320 e. The zero-order valence-corrected chi connectivity index (χ0v) is 14.4. The van der Waals surface area contributed by atoms with Crippen molar-refractivity contribution in [2.75, 3.05) is 26.7 Å². The van der Waals surface area contributed by atoms with Crippen molar-refractivity contribution in [2.45, 2.75) is 38.8 Å². The van der Waals surface area contributed by atoms with Crippen LogP contribution < -0.4 is 4.74 Å². The molecule has 1 N–H and O–H groups in total. The number of carboxylic acids is 1. The molecule has 1 amide bonds. The van der Waals surface area contributed by atoms with Crippen LogP contribution in [-0.4, -0.2) is 59.6 Å². The van der Waals surface area contributed by atoms with Crippen molar-refractivity contribution in [3.05, 3.63) is 29.8 Å². The number of carbonyl (C=O) groups is 2. The number of ether oxygens (including phenoxy) is 1. The third-order valence-electron chi connectivity index (χ3n) is 4.47. The van der Waals surface area contributed by atoms with E-state index in [4.69, 9.17) is 9.84 Å². The quantitative estimate of drug-likeness (QED) is 0.826. The van der Waals surface area contributed by atoms with Crippen LogP contribution in [-0.2, 0) is 16.1 Å². The number of carbonyl (C=O) groups excluding carboxylic acids is 1. The summed E-state index contributed by atoms with van der Waals surface area (Å²) in [5.74, 6) is -0.222. The van der Waals surface area contributed by atoms with Crippen LogP contribution in [0, 0.1) is 0 Å². The van der Waals surface area contributed by atoms with E-state index in [1.807, 2.05) is 29.2 Å². The summed E-state index contributed by atoms with van der Waals surface area (Å²) in [4.78, 5) is 26.9. The molecule has 2 rings (SSSR count). The van der Waals surface area contributed by atoms with Gasteiger partial charge in [-0.1, -0.05) is 18.2 Å². The summed E-state index contributed by atoms with van der Waals surface area (Å²) >= 11 is 0. The number of para-hydroxylation sites is 1. The average Bonchev–Trinajstić information content (AvgIpc) is 2.60. The minimum atomic E-state index is -0.865. The Bertz CT molecular complexity index is 570. The number of likely N-dealkylation sites (N-methyl/N-ethyl adjacent to an activating group) is 1. The van der Waals surface area contributed by atoms with Gasteiger partial charge in [0.25, 0.3) is 5.91 Å². The molecule has 0 spiro atoms. The van der Waals surface area contributed by atoms with Gasteiger partial charge in [0, 0.05) is 25.2 Å². The number of carboxylic acid groups (broad SMARTS) is 1. The molecule has 0 radical (unpaired) electrons. The lowest BCUT2D eigenvalue weighted by atomic mass is 10.1. The van der Waals surface area contributed by atoms with Crippen LogP contribution >= 0.6 is 0 Å². The number of likely N-dealkylation sites (tertiary alicyclic amines) is 1.